The molecule has 1 amide bonds. The van der Waals surface area contributed by atoms with Gasteiger partial charge in [-0.1, -0.05) is 18.5 Å². The van der Waals surface area contributed by atoms with E-state index in [-0.39, 0.29) is 10.9 Å². The number of rotatable bonds is 7. The number of amides is 1. The van der Waals surface area contributed by atoms with Gasteiger partial charge in [0.15, 0.2) is 5.11 Å². The van der Waals surface area contributed by atoms with E-state index in [2.05, 4.69) is 30.1 Å². The molecule has 0 aliphatic carbocycles. The highest BCUT2D eigenvalue weighted by molar-refractivity contribution is 7.81. The number of nitrogens with zero attached hydrogens (tertiary/aromatic N) is 4. The molecule has 2 aromatic rings. The van der Waals surface area contributed by atoms with Crippen LogP contribution in [0.15, 0.2) is 36.4 Å². The summed E-state index contributed by atoms with van der Waals surface area (Å²) in [6.45, 7) is 12.6. The summed E-state index contributed by atoms with van der Waals surface area (Å²) >= 11 is 12.0. The zero-order valence-corrected chi connectivity index (χ0v) is 22.7. The first-order valence-electron chi connectivity index (χ1n) is 12.3. The Hall–Kier alpha value is -2.70. The van der Waals surface area contributed by atoms with Gasteiger partial charge in [-0.05, 0) is 81.4 Å². The number of halogens is 1. The van der Waals surface area contributed by atoms with Gasteiger partial charge in [-0.25, -0.2) is 0 Å². The average Bonchev–Trinajstić information content (AvgIpc) is 3.02. The summed E-state index contributed by atoms with van der Waals surface area (Å²) < 4.78 is 6.18. The molecule has 2 aliphatic heterocycles. The fourth-order valence-corrected chi connectivity index (χ4v) is 5.55. The molecule has 0 radical (unpaired) electrons. The molecule has 0 bridgehead atoms. The largest absolute Gasteiger partial charge is 0.492 e. The SMILES string of the molecule is CCc1cc(N2C(=S)N(c3ccc(C#N)c(Cl)c3)C(=O)C2(C)C)ccc1OCCN1CCN[C@H](C)C1. The average molecular weight is 526 g/mol. The van der Waals surface area contributed by atoms with E-state index < -0.39 is 5.54 Å². The van der Waals surface area contributed by atoms with Gasteiger partial charge in [0, 0.05) is 37.9 Å². The van der Waals surface area contributed by atoms with Crippen molar-refractivity contribution >= 4 is 46.2 Å². The Morgan fingerprint density at radius 1 is 1.25 bits per heavy atom. The van der Waals surface area contributed by atoms with Crippen molar-refractivity contribution in [3.63, 3.8) is 0 Å². The standard InChI is InChI=1S/C27H32ClN5O2S/c1-5-19-14-22(8-9-24(19)35-13-12-31-11-10-30-18(2)17-31)33-26(36)32(25(34)27(33,3)4)21-7-6-20(16-29)23(28)15-21/h6-9,14-15,18,30H,5,10-13,17H2,1-4H3/t18-/m1/s1. The van der Waals surface area contributed by atoms with Crippen LogP contribution in [0, 0.1) is 11.3 Å². The molecule has 2 fully saturated rings. The number of benzene rings is 2. The molecule has 36 heavy (non-hydrogen) atoms. The van der Waals surface area contributed by atoms with E-state index in [0.29, 0.717) is 29.0 Å². The van der Waals surface area contributed by atoms with Crippen LogP contribution >= 0.6 is 23.8 Å². The third-order valence-electron chi connectivity index (χ3n) is 6.80. The minimum absolute atomic E-state index is 0.156. The van der Waals surface area contributed by atoms with Crippen molar-refractivity contribution in [3.05, 3.63) is 52.5 Å². The second-order valence-corrected chi connectivity index (χ2v) is 10.5. The molecule has 1 atom stereocenters. The van der Waals surface area contributed by atoms with Crippen LogP contribution in [-0.2, 0) is 11.2 Å². The normalized spacial score (nSPS) is 20.1. The van der Waals surface area contributed by atoms with Crippen molar-refractivity contribution < 1.29 is 9.53 Å². The van der Waals surface area contributed by atoms with Crippen LogP contribution in [0.25, 0.3) is 0 Å². The van der Waals surface area contributed by atoms with Crippen molar-refractivity contribution in [2.24, 2.45) is 0 Å². The lowest BCUT2D eigenvalue weighted by molar-refractivity contribution is -0.120. The van der Waals surface area contributed by atoms with Gasteiger partial charge in [-0.2, -0.15) is 5.26 Å². The van der Waals surface area contributed by atoms with Crippen LogP contribution in [0.1, 0.15) is 38.8 Å². The first-order valence-corrected chi connectivity index (χ1v) is 13.1. The molecule has 190 valence electrons. The Morgan fingerprint density at radius 2 is 2.00 bits per heavy atom. The number of anilines is 2. The number of thiocarbonyl (C=S) groups is 1. The zero-order valence-electron chi connectivity index (χ0n) is 21.2. The highest BCUT2D eigenvalue weighted by Crippen LogP contribution is 2.38. The van der Waals surface area contributed by atoms with E-state index >= 15 is 0 Å². The number of nitriles is 1. The maximum atomic E-state index is 13.5. The van der Waals surface area contributed by atoms with Gasteiger partial charge >= 0.3 is 0 Å². The predicted octanol–water partition coefficient (Wildman–Crippen LogP) is 4.36. The summed E-state index contributed by atoms with van der Waals surface area (Å²) in [5, 5.41) is 13.3. The monoisotopic (exact) mass is 525 g/mol. The third kappa shape index (κ3) is 5.07. The molecule has 7 nitrogen and oxygen atoms in total. The van der Waals surface area contributed by atoms with Crippen molar-refractivity contribution in [2.75, 3.05) is 42.6 Å². The molecule has 2 heterocycles. The summed E-state index contributed by atoms with van der Waals surface area (Å²) in [6, 6.07) is 13.4. The predicted molar refractivity (Wildman–Crippen MR) is 148 cm³/mol. The molecule has 2 saturated heterocycles. The summed E-state index contributed by atoms with van der Waals surface area (Å²) in [6.07, 6.45) is 0.789. The summed E-state index contributed by atoms with van der Waals surface area (Å²) in [5.74, 6) is 0.700. The maximum absolute atomic E-state index is 13.5. The number of hydrogen-bond donors (Lipinski definition) is 1. The Morgan fingerprint density at radius 3 is 2.67 bits per heavy atom. The van der Waals surface area contributed by atoms with E-state index in [1.165, 1.54) is 4.90 Å². The fraction of sp³-hybridized carbons (Fsp3) is 0.444. The van der Waals surface area contributed by atoms with Gasteiger partial charge in [0.2, 0.25) is 0 Å². The fourth-order valence-electron chi connectivity index (χ4n) is 4.81. The number of nitrogens with one attached hydrogen (secondary N) is 1. The van der Waals surface area contributed by atoms with Gasteiger partial charge in [-0.3, -0.25) is 14.6 Å². The molecule has 4 rings (SSSR count). The highest BCUT2D eigenvalue weighted by atomic mass is 35.5. The lowest BCUT2D eigenvalue weighted by atomic mass is 10.0. The van der Waals surface area contributed by atoms with E-state index in [9.17, 15) is 10.1 Å². The van der Waals surface area contributed by atoms with E-state index in [1.807, 2.05) is 36.9 Å². The number of carbonyl (C=O) groups is 1. The second-order valence-electron chi connectivity index (χ2n) is 9.74. The maximum Gasteiger partial charge on any atom is 0.259 e. The van der Waals surface area contributed by atoms with Crippen molar-refractivity contribution in [1.82, 2.24) is 10.2 Å². The molecule has 0 unspecified atom stereocenters. The molecule has 0 aromatic heterocycles. The van der Waals surface area contributed by atoms with Gasteiger partial charge in [0.05, 0.1) is 16.3 Å². The summed E-state index contributed by atoms with van der Waals surface area (Å²) in [7, 11) is 0. The lowest BCUT2D eigenvalue weighted by Crippen LogP contribution is -2.50. The minimum Gasteiger partial charge on any atom is -0.492 e. The van der Waals surface area contributed by atoms with Crippen LogP contribution in [0.2, 0.25) is 5.02 Å². The molecule has 1 N–H and O–H groups in total. The Bertz CT molecular complexity index is 1210. The van der Waals surface area contributed by atoms with Gasteiger partial charge in [-0.15, -0.1) is 0 Å². The topological polar surface area (TPSA) is 71.8 Å². The van der Waals surface area contributed by atoms with Crippen LogP contribution in [0.4, 0.5) is 11.4 Å². The van der Waals surface area contributed by atoms with Gasteiger partial charge in [0.25, 0.3) is 5.91 Å². The first-order chi connectivity index (χ1) is 17.2. The molecular formula is C27H32ClN5O2S. The molecular weight excluding hydrogens is 494 g/mol. The summed E-state index contributed by atoms with van der Waals surface area (Å²) in [5.41, 5.74) is 1.89. The number of carbonyl (C=O) groups excluding carboxylic acids is 1. The second kappa shape index (κ2) is 10.7. The molecule has 0 saturated carbocycles. The zero-order chi connectivity index (χ0) is 26.0. The Labute approximate surface area is 223 Å². The molecule has 2 aliphatic rings. The van der Waals surface area contributed by atoms with Gasteiger partial charge < -0.3 is 15.0 Å². The van der Waals surface area contributed by atoms with Crippen LogP contribution in [0.5, 0.6) is 5.75 Å². The van der Waals surface area contributed by atoms with Crippen LogP contribution < -0.4 is 19.9 Å². The number of hydrogen-bond acceptors (Lipinski definition) is 6. The first kappa shape index (κ1) is 26.4. The van der Waals surface area contributed by atoms with E-state index in [4.69, 9.17) is 28.6 Å². The smallest absolute Gasteiger partial charge is 0.259 e. The molecule has 9 heteroatoms. The minimum atomic E-state index is -0.899. The Kier molecular flexibility index (Phi) is 7.86. The van der Waals surface area contributed by atoms with Crippen LogP contribution in [0.3, 0.4) is 0 Å². The molecule has 0 spiro atoms. The Balaban J connectivity index is 1.54. The number of piperazine rings is 1. The highest BCUT2D eigenvalue weighted by Gasteiger charge is 2.50. The van der Waals surface area contributed by atoms with E-state index in [0.717, 1.165) is 49.6 Å². The lowest BCUT2D eigenvalue weighted by Gasteiger charge is -2.32. The van der Waals surface area contributed by atoms with Crippen molar-refractivity contribution in [3.8, 4) is 11.8 Å². The third-order valence-corrected chi connectivity index (χ3v) is 7.48. The van der Waals surface area contributed by atoms with Crippen LogP contribution in [-0.4, -0.2) is 60.3 Å². The number of ether oxygens (including phenoxy) is 1. The summed E-state index contributed by atoms with van der Waals surface area (Å²) in [4.78, 5) is 19.3. The quantitative estimate of drug-likeness (QED) is 0.538. The van der Waals surface area contributed by atoms with Crippen molar-refractivity contribution in [2.45, 2.75) is 45.7 Å². The van der Waals surface area contributed by atoms with Gasteiger partial charge in [0.1, 0.15) is 24.0 Å². The van der Waals surface area contributed by atoms with Crippen molar-refractivity contribution in [1.29, 1.82) is 5.26 Å². The number of aryl methyl sites for hydroxylation is 1. The van der Waals surface area contributed by atoms with E-state index in [1.54, 1.807) is 18.2 Å². The molecule has 2 aromatic carbocycles.